The van der Waals surface area contributed by atoms with Crippen LogP contribution >= 0.6 is 11.6 Å². The summed E-state index contributed by atoms with van der Waals surface area (Å²) in [6, 6.07) is 5.97. The molecule has 1 fully saturated rings. The molecule has 1 aliphatic carbocycles. The van der Waals surface area contributed by atoms with E-state index in [0.717, 1.165) is 17.9 Å². The van der Waals surface area contributed by atoms with Gasteiger partial charge < -0.3 is 9.80 Å². The minimum Gasteiger partial charge on any atom is -0.365 e. The van der Waals surface area contributed by atoms with Crippen LogP contribution in [-0.2, 0) is 4.79 Å². The highest BCUT2D eigenvalue weighted by Gasteiger charge is 2.36. The molecule has 2 aromatic rings. The third kappa shape index (κ3) is 2.57. The molecule has 1 amide bonds. The van der Waals surface area contributed by atoms with Crippen molar-refractivity contribution in [1.29, 1.82) is 0 Å². The van der Waals surface area contributed by atoms with Gasteiger partial charge >= 0.3 is 0 Å². The highest BCUT2D eigenvalue weighted by atomic mass is 35.5. The Labute approximate surface area is 139 Å². The Hall–Kier alpha value is -2.08. The average Bonchev–Trinajstić information content (AvgIpc) is 3.25. The number of amides is 1. The van der Waals surface area contributed by atoms with Crippen molar-refractivity contribution in [3.63, 3.8) is 0 Å². The van der Waals surface area contributed by atoms with Crippen LogP contribution in [0.25, 0.3) is 0 Å². The topological polar surface area (TPSA) is 54.3 Å². The largest absolute Gasteiger partial charge is 0.365 e. The predicted octanol–water partition coefficient (Wildman–Crippen LogP) is 2.51. The van der Waals surface area contributed by atoms with Gasteiger partial charge in [0.2, 0.25) is 0 Å². The van der Waals surface area contributed by atoms with Crippen molar-refractivity contribution in [1.82, 2.24) is 14.8 Å². The predicted molar refractivity (Wildman–Crippen MR) is 88.9 cm³/mol. The number of benzene rings is 1. The summed E-state index contributed by atoms with van der Waals surface area (Å²) in [5, 5.41) is 4.78. The fraction of sp³-hybridized carbons (Fsp3) is 0.438. The van der Waals surface area contributed by atoms with Crippen LogP contribution in [0.3, 0.4) is 0 Å². The zero-order valence-corrected chi connectivity index (χ0v) is 13.6. The Balaban J connectivity index is 1.67. The lowest BCUT2D eigenvalue weighted by atomic mass is 10.1. The van der Waals surface area contributed by atoms with E-state index in [0.29, 0.717) is 17.6 Å². The molecule has 1 saturated carbocycles. The molecule has 120 valence electrons. The number of aromatic nitrogens is 3. The van der Waals surface area contributed by atoms with E-state index in [-0.39, 0.29) is 11.9 Å². The molecule has 0 saturated heterocycles. The van der Waals surface area contributed by atoms with E-state index >= 15 is 0 Å². The summed E-state index contributed by atoms with van der Waals surface area (Å²) >= 11 is 6.19. The first-order valence-corrected chi connectivity index (χ1v) is 8.24. The first-order valence-electron chi connectivity index (χ1n) is 7.87. The monoisotopic (exact) mass is 331 g/mol. The molecule has 2 aliphatic rings. The zero-order chi connectivity index (χ0) is 16.0. The minimum atomic E-state index is -0.381. The molecular weight excluding hydrogens is 314 g/mol. The van der Waals surface area contributed by atoms with Crippen LogP contribution < -0.4 is 9.80 Å². The molecule has 0 N–H and O–H groups in total. The standard InChI is InChI=1S/C16H18ClN5O/c1-11(22-10-18-9-19-22)16(23)21-7-6-20(13-3-4-13)15-8-12(17)2-5-14(15)21/h2,5,8-11,13H,3-4,6-7H2,1H3. The molecule has 1 unspecified atom stereocenters. The van der Waals surface area contributed by atoms with Gasteiger partial charge in [-0.1, -0.05) is 11.6 Å². The fourth-order valence-corrected chi connectivity index (χ4v) is 3.32. The average molecular weight is 332 g/mol. The maximum atomic E-state index is 12.9. The van der Waals surface area contributed by atoms with Gasteiger partial charge in [0.05, 0.1) is 11.4 Å². The third-order valence-electron chi connectivity index (χ3n) is 4.55. The van der Waals surface area contributed by atoms with Crippen molar-refractivity contribution in [2.45, 2.75) is 31.8 Å². The van der Waals surface area contributed by atoms with Gasteiger partial charge in [0.25, 0.3) is 5.91 Å². The lowest BCUT2D eigenvalue weighted by Crippen LogP contribution is -2.47. The van der Waals surface area contributed by atoms with Gasteiger partial charge in [-0.3, -0.25) is 4.79 Å². The molecule has 0 bridgehead atoms. The van der Waals surface area contributed by atoms with Crippen molar-refractivity contribution in [3.05, 3.63) is 35.9 Å². The Kier molecular flexibility index (Phi) is 3.49. The Morgan fingerprint density at radius 3 is 2.83 bits per heavy atom. The summed E-state index contributed by atoms with van der Waals surface area (Å²) in [6.45, 7) is 3.37. The fourth-order valence-electron chi connectivity index (χ4n) is 3.15. The van der Waals surface area contributed by atoms with Gasteiger partial charge in [0, 0.05) is 24.2 Å². The maximum absolute atomic E-state index is 12.9. The third-order valence-corrected chi connectivity index (χ3v) is 4.78. The first kappa shape index (κ1) is 14.5. The van der Waals surface area contributed by atoms with Crippen molar-refractivity contribution in [2.75, 3.05) is 22.9 Å². The Bertz CT molecular complexity index is 728. The lowest BCUT2D eigenvalue weighted by molar-refractivity contribution is -0.121. The summed E-state index contributed by atoms with van der Waals surface area (Å²) in [5.41, 5.74) is 2.00. The van der Waals surface area contributed by atoms with Gasteiger partial charge in [-0.25, -0.2) is 9.67 Å². The SMILES string of the molecule is CC(C(=O)N1CCN(C2CC2)c2cc(Cl)ccc21)n1cncn1. The normalized spacial score (nSPS) is 18.7. The van der Waals surface area contributed by atoms with Crippen molar-refractivity contribution in [2.24, 2.45) is 0 Å². The molecule has 0 radical (unpaired) electrons. The number of carbonyl (C=O) groups excluding carboxylic acids is 1. The summed E-state index contributed by atoms with van der Waals surface area (Å²) in [6.07, 6.45) is 5.46. The van der Waals surface area contributed by atoms with E-state index in [1.165, 1.54) is 19.2 Å². The number of carbonyl (C=O) groups is 1. The number of anilines is 2. The smallest absolute Gasteiger partial charge is 0.251 e. The first-order chi connectivity index (χ1) is 11.1. The highest BCUT2D eigenvalue weighted by molar-refractivity contribution is 6.31. The lowest BCUT2D eigenvalue weighted by Gasteiger charge is -2.39. The molecule has 2 heterocycles. The van der Waals surface area contributed by atoms with Gasteiger partial charge in [-0.2, -0.15) is 5.10 Å². The van der Waals surface area contributed by atoms with E-state index in [2.05, 4.69) is 15.0 Å². The second-order valence-electron chi connectivity index (χ2n) is 6.10. The van der Waals surface area contributed by atoms with Gasteiger partial charge in [-0.05, 0) is 38.0 Å². The maximum Gasteiger partial charge on any atom is 0.251 e. The number of nitrogens with zero attached hydrogens (tertiary/aromatic N) is 5. The van der Waals surface area contributed by atoms with Gasteiger partial charge in [0.15, 0.2) is 0 Å². The molecule has 4 rings (SSSR count). The van der Waals surface area contributed by atoms with Crippen LogP contribution in [0.15, 0.2) is 30.9 Å². The molecule has 1 aromatic heterocycles. The second-order valence-corrected chi connectivity index (χ2v) is 6.54. The van der Waals surface area contributed by atoms with Crippen LogP contribution in [-0.4, -0.2) is 39.8 Å². The highest BCUT2D eigenvalue weighted by Crippen LogP contribution is 2.41. The van der Waals surface area contributed by atoms with Gasteiger partial charge in [0.1, 0.15) is 18.7 Å². The van der Waals surface area contributed by atoms with Crippen molar-refractivity contribution < 1.29 is 4.79 Å². The Morgan fingerprint density at radius 1 is 1.30 bits per heavy atom. The molecule has 1 aromatic carbocycles. The number of halogens is 1. The van der Waals surface area contributed by atoms with Crippen LogP contribution in [0.2, 0.25) is 5.02 Å². The Morgan fingerprint density at radius 2 is 2.13 bits per heavy atom. The molecule has 1 atom stereocenters. The molecule has 0 spiro atoms. The van der Waals surface area contributed by atoms with Gasteiger partial charge in [-0.15, -0.1) is 0 Å². The summed E-state index contributed by atoms with van der Waals surface area (Å²) in [5.74, 6) is 0.0227. The van der Waals surface area contributed by atoms with E-state index in [1.54, 1.807) is 11.0 Å². The van der Waals surface area contributed by atoms with Crippen LogP contribution in [0, 0.1) is 0 Å². The molecule has 1 aliphatic heterocycles. The van der Waals surface area contributed by atoms with Crippen LogP contribution in [0.4, 0.5) is 11.4 Å². The number of hydrogen-bond acceptors (Lipinski definition) is 4. The van der Waals surface area contributed by atoms with Crippen LogP contribution in [0.5, 0.6) is 0 Å². The summed E-state index contributed by atoms with van der Waals surface area (Å²) in [7, 11) is 0. The van der Waals surface area contributed by atoms with E-state index in [9.17, 15) is 4.79 Å². The number of fused-ring (bicyclic) bond motifs is 1. The summed E-state index contributed by atoms with van der Waals surface area (Å²) < 4.78 is 1.59. The summed E-state index contributed by atoms with van der Waals surface area (Å²) in [4.78, 5) is 21.1. The number of hydrogen-bond donors (Lipinski definition) is 0. The molecule has 6 nitrogen and oxygen atoms in total. The van der Waals surface area contributed by atoms with E-state index < -0.39 is 0 Å². The van der Waals surface area contributed by atoms with Crippen LogP contribution in [0.1, 0.15) is 25.8 Å². The second kappa shape index (κ2) is 5.53. The quantitative estimate of drug-likeness (QED) is 0.867. The van der Waals surface area contributed by atoms with Crippen molar-refractivity contribution >= 4 is 28.9 Å². The van der Waals surface area contributed by atoms with Crippen molar-refractivity contribution in [3.8, 4) is 0 Å². The molecule has 7 heteroatoms. The minimum absolute atomic E-state index is 0.0227. The van der Waals surface area contributed by atoms with E-state index in [1.807, 2.05) is 30.0 Å². The number of rotatable bonds is 3. The zero-order valence-electron chi connectivity index (χ0n) is 12.9. The molecule has 23 heavy (non-hydrogen) atoms. The van der Waals surface area contributed by atoms with E-state index in [4.69, 9.17) is 11.6 Å². The molecular formula is C16H18ClN5O.